The molecule has 1 aromatic heterocycles. The van der Waals surface area contributed by atoms with Crippen LogP contribution < -0.4 is 14.8 Å². The largest absolute Gasteiger partial charge is 0.493 e. The van der Waals surface area contributed by atoms with Gasteiger partial charge in [0.15, 0.2) is 0 Å². The van der Waals surface area contributed by atoms with Gasteiger partial charge in [0.25, 0.3) is 0 Å². The summed E-state index contributed by atoms with van der Waals surface area (Å²) in [4.78, 5) is 14.0. The van der Waals surface area contributed by atoms with Crippen LogP contribution in [0, 0.1) is 0 Å². The van der Waals surface area contributed by atoms with Gasteiger partial charge in [0, 0.05) is 42.6 Å². The number of fused-ring (bicyclic) bond motifs is 7. The van der Waals surface area contributed by atoms with Crippen LogP contribution in [0.15, 0.2) is 66.9 Å². The first-order valence-electron chi connectivity index (χ1n) is 13.4. The number of hydrogen-bond donors (Lipinski definition) is 1. The van der Waals surface area contributed by atoms with Crippen LogP contribution in [0.2, 0.25) is 0 Å². The van der Waals surface area contributed by atoms with Gasteiger partial charge < -0.3 is 19.7 Å². The standard InChI is InChI=1S/C30H37N5O2/c1-34-15-3-2-6-19-36-27-10-7-9-24(22-27)28-13-14-31-30(33-28)32-26-11-12-29(25(21-26)23-34)37-20-8-18-35-16-4-5-17-35/h2-3,7,9-14,21-22H,4-6,8,15-20,23H2,1H3,(H,31,32,33)/b3-2+. The Bertz CT molecular complexity index is 1190. The third-order valence-corrected chi connectivity index (χ3v) is 6.75. The number of anilines is 2. The fraction of sp³-hybridized carbons (Fsp3) is 0.400. The van der Waals surface area contributed by atoms with Crippen molar-refractivity contribution in [2.45, 2.75) is 32.2 Å². The number of likely N-dealkylation sites (tertiary alicyclic amines) is 1. The molecule has 0 radical (unpaired) electrons. The van der Waals surface area contributed by atoms with E-state index in [1.54, 1.807) is 6.20 Å². The number of nitrogens with one attached hydrogen (secondary N) is 1. The smallest absolute Gasteiger partial charge is 0.227 e. The Morgan fingerprint density at radius 2 is 1.97 bits per heavy atom. The lowest BCUT2D eigenvalue weighted by atomic mass is 10.1. The van der Waals surface area contributed by atoms with Crippen LogP contribution in [0.25, 0.3) is 11.3 Å². The summed E-state index contributed by atoms with van der Waals surface area (Å²) in [6.07, 6.45) is 10.7. The minimum Gasteiger partial charge on any atom is -0.493 e. The fourth-order valence-electron chi connectivity index (χ4n) is 4.82. The zero-order chi connectivity index (χ0) is 25.3. The van der Waals surface area contributed by atoms with Crippen molar-refractivity contribution in [1.82, 2.24) is 19.8 Å². The van der Waals surface area contributed by atoms with Crippen molar-refractivity contribution in [1.29, 1.82) is 0 Å². The first-order valence-corrected chi connectivity index (χ1v) is 13.4. The van der Waals surface area contributed by atoms with Gasteiger partial charge in [-0.25, -0.2) is 9.97 Å². The van der Waals surface area contributed by atoms with E-state index in [-0.39, 0.29) is 0 Å². The van der Waals surface area contributed by atoms with Crippen molar-refractivity contribution < 1.29 is 9.47 Å². The molecule has 0 aliphatic carbocycles. The van der Waals surface area contributed by atoms with Gasteiger partial charge in [-0.15, -0.1) is 0 Å². The minimum atomic E-state index is 0.562. The molecule has 7 heteroatoms. The highest BCUT2D eigenvalue weighted by atomic mass is 16.5. The second-order valence-corrected chi connectivity index (χ2v) is 9.80. The Morgan fingerprint density at radius 3 is 2.89 bits per heavy atom. The maximum Gasteiger partial charge on any atom is 0.227 e. The van der Waals surface area contributed by atoms with Crippen LogP contribution in [0.3, 0.4) is 0 Å². The number of hydrogen-bond acceptors (Lipinski definition) is 7. The molecule has 3 heterocycles. The van der Waals surface area contributed by atoms with Gasteiger partial charge >= 0.3 is 0 Å². The molecule has 0 unspecified atom stereocenters. The Morgan fingerprint density at radius 1 is 1.05 bits per heavy atom. The highest BCUT2D eigenvalue weighted by Gasteiger charge is 2.13. The number of ether oxygens (including phenoxy) is 2. The van der Waals surface area contributed by atoms with Crippen LogP contribution in [0.5, 0.6) is 11.5 Å². The monoisotopic (exact) mass is 499 g/mol. The van der Waals surface area contributed by atoms with Crippen molar-refractivity contribution in [3.63, 3.8) is 0 Å². The summed E-state index contributed by atoms with van der Waals surface area (Å²) in [6, 6.07) is 16.2. The molecule has 2 aliphatic rings. The molecule has 37 heavy (non-hydrogen) atoms. The van der Waals surface area contributed by atoms with Crippen LogP contribution >= 0.6 is 0 Å². The number of nitrogens with zero attached hydrogens (tertiary/aromatic N) is 4. The quantitative estimate of drug-likeness (QED) is 0.366. The molecule has 194 valence electrons. The lowest BCUT2D eigenvalue weighted by molar-refractivity contribution is 0.258. The summed E-state index contributed by atoms with van der Waals surface area (Å²) in [5, 5.41) is 3.39. The Labute approximate surface area is 220 Å². The fourth-order valence-corrected chi connectivity index (χ4v) is 4.82. The molecule has 0 atom stereocenters. The highest BCUT2D eigenvalue weighted by molar-refractivity contribution is 5.64. The van der Waals surface area contributed by atoms with E-state index in [0.29, 0.717) is 12.6 Å². The third-order valence-electron chi connectivity index (χ3n) is 6.75. The Kier molecular flexibility index (Phi) is 8.66. The molecule has 5 rings (SSSR count). The van der Waals surface area contributed by atoms with E-state index in [0.717, 1.165) is 73.1 Å². The Balaban J connectivity index is 1.36. The summed E-state index contributed by atoms with van der Waals surface area (Å²) < 4.78 is 12.3. The molecular formula is C30H37N5O2. The van der Waals surface area contributed by atoms with E-state index in [1.807, 2.05) is 36.4 Å². The maximum absolute atomic E-state index is 6.28. The molecule has 0 amide bonds. The summed E-state index contributed by atoms with van der Waals surface area (Å²) in [6.45, 7) is 6.56. The van der Waals surface area contributed by atoms with E-state index < -0.39 is 0 Å². The van der Waals surface area contributed by atoms with Gasteiger partial charge in [0.05, 0.1) is 18.9 Å². The number of benzene rings is 2. The van der Waals surface area contributed by atoms with E-state index in [1.165, 1.54) is 25.9 Å². The van der Waals surface area contributed by atoms with Gasteiger partial charge in [-0.3, -0.25) is 4.90 Å². The van der Waals surface area contributed by atoms with E-state index >= 15 is 0 Å². The lowest BCUT2D eigenvalue weighted by Gasteiger charge is -2.20. The summed E-state index contributed by atoms with van der Waals surface area (Å²) in [7, 11) is 2.13. The molecule has 1 saturated heterocycles. The molecule has 7 nitrogen and oxygen atoms in total. The summed E-state index contributed by atoms with van der Waals surface area (Å²) in [5.41, 5.74) is 3.94. The van der Waals surface area contributed by atoms with Gasteiger partial charge in [-0.05, 0) is 82.2 Å². The van der Waals surface area contributed by atoms with Gasteiger partial charge in [-0.1, -0.05) is 24.3 Å². The van der Waals surface area contributed by atoms with Crippen LogP contribution in [-0.4, -0.2) is 66.2 Å². The zero-order valence-corrected chi connectivity index (χ0v) is 21.7. The molecule has 1 N–H and O–H groups in total. The van der Waals surface area contributed by atoms with E-state index in [9.17, 15) is 0 Å². The van der Waals surface area contributed by atoms with Crippen LogP contribution in [0.4, 0.5) is 11.6 Å². The molecule has 0 spiro atoms. The Hall–Kier alpha value is -3.42. The minimum absolute atomic E-state index is 0.562. The van der Waals surface area contributed by atoms with Gasteiger partial charge in [0.1, 0.15) is 11.5 Å². The number of likely N-dealkylation sites (N-methyl/N-ethyl adjacent to an activating group) is 1. The van der Waals surface area contributed by atoms with Crippen molar-refractivity contribution in [3.05, 3.63) is 72.4 Å². The topological polar surface area (TPSA) is 62.8 Å². The van der Waals surface area contributed by atoms with Gasteiger partial charge in [-0.2, -0.15) is 0 Å². The molecule has 3 aromatic rings. The second-order valence-electron chi connectivity index (χ2n) is 9.80. The second kappa shape index (κ2) is 12.7. The maximum atomic E-state index is 6.28. The van der Waals surface area contributed by atoms with Crippen molar-refractivity contribution in [3.8, 4) is 22.8 Å². The van der Waals surface area contributed by atoms with Crippen LogP contribution in [-0.2, 0) is 6.54 Å². The zero-order valence-electron chi connectivity index (χ0n) is 21.7. The van der Waals surface area contributed by atoms with Crippen LogP contribution in [0.1, 0.15) is 31.2 Å². The molecule has 1 fully saturated rings. The lowest BCUT2D eigenvalue weighted by Crippen LogP contribution is -2.22. The van der Waals surface area contributed by atoms with Crippen molar-refractivity contribution in [2.24, 2.45) is 0 Å². The van der Waals surface area contributed by atoms with Crippen molar-refractivity contribution >= 4 is 11.6 Å². The predicted octanol–water partition coefficient (Wildman–Crippen LogP) is 5.52. The van der Waals surface area contributed by atoms with Gasteiger partial charge in [0.2, 0.25) is 5.95 Å². The van der Waals surface area contributed by atoms with Crippen molar-refractivity contribution in [2.75, 3.05) is 51.8 Å². The SMILES string of the molecule is CN1C/C=C/CCOc2cccc(c2)-c2ccnc(n2)Nc2ccc(OCCCN3CCCC3)c(c2)C1. The molecule has 6 bridgehead atoms. The highest BCUT2D eigenvalue weighted by Crippen LogP contribution is 2.27. The average Bonchev–Trinajstić information content (AvgIpc) is 3.43. The predicted molar refractivity (Wildman–Crippen MR) is 149 cm³/mol. The molecule has 2 aliphatic heterocycles. The summed E-state index contributed by atoms with van der Waals surface area (Å²) >= 11 is 0. The third kappa shape index (κ3) is 7.31. The summed E-state index contributed by atoms with van der Waals surface area (Å²) in [5.74, 6) is 2.35. The number of rotatable bonds is 5. The normalized spacial score (nSPS) is 17.8. The molecule has 2 aromatic carbocycles. The first kappa shape index (κ1) is 25.2. The molecule has 0 saturated carbocycles. The number of aromatic nitrogens is 2. The van der Waals surface area contributed by atoms with E-state index in [2.05, 4.69) is 51.4 Å². The average molecular weight is 500 g/mol. The van der Waals surface area contributed by atoms with E-state index in [4.69, 9.17) is 14.5 Å². The molecular weight excluding hydrogens is 462 g/mol. The first-order chi connectivity index (χ1) is 18.2.